The number of rotatable bonds is 2. The highest BCUT2D eigenvalue weighted by molar-refractivity contribution is 5.98. The minimum absolute atomic E-state index is 0.0117. The average molecular weight is 274 g/mol. The number of urea groups is 1. The van der Waals surface area contributed by atoms with Crippen LogP contribution in [-0.2, 0) is 0 Å². The van der Waals surface area contributed by atoms with E-state index in [0.717, 1.165) is 31.6 Å². The maximum absolute atomic E-state index is 12.5. The molecular formula is C15H22N4O. The number of amidine groups is 1. The first-order valence-electron chi connectivity index (χ1n) is 6.96. The monoisotopic (exact) mass is 274 g/mol. The second-order valence-electron chi connectivity index (χ2n) is 5.48. The standard InChI is InChI=1S/C15H22N4O/c1-11-6-8-19(9-7-11)15(20)18(2)13-5-3-4-12(10-13)14(16)17/h3-5,10-11H,6-9H2,1-2H3,(H3,16,17). The molecule has 2 amide bonds. The number of nitrogens with one attached hydrogen (secondary N) is 1. The maximum Gasteiger partial charge on any atom is 0.324 e. The van der Waals surface area contributed by atoms with Crippen molar-refractivity contribution in [2.75, 3.05) is 25.0 Å². The third kappa shape index (κ3) is 3.10. The Morgan fingerprint density at radius 2 is 2.05 bits per heavy atom. The lowest BCUT2D eigenvalue weighted by atomic mass is 9.99. The zero-order valence-corrected chi connectivity index (χ0v) is 12.1. The number of piperidine rings is 1. The Morgan fingerprint density at radius 1 is 1.40 bits per heavy atom. The minimum atomic E-state index is 0.0117. The van der Waals surface area contributed by atoms with Crippen LogP contribution in [0.4, 0.5) is 10.5 Å². The number of benzene rings is 1. The highest BCUT2D eigenvalue weighted by Gasteiger charge is 2.23. The van der Waals surface area contributed by atoms with E-state index in [1.165, 1.54) is 0 Å². The molecule has 108 valence electrons. The van der Waals surface area contributed by atoms with Crippen LogP contribution in [0.1, 0.15) is 25.3 Å². The smallest absolute Gasteiger partial charge is 0.324 e. The summed E-state index contributed by atoms with van der Waals surface area (Å²) in [5, 5.41) is 7.46. The fourth-order valence-corrected chi connectivity index (χ4v) is 2.40. The number of likely N-dealkylation sites (tertiary alicyclic amines) is 1. The van der Waals surface area contributed by atoms with Crippen LogP contribution in [0.15, 0.2) is 24.3 Å². The van der Waals surface area contributed by atoms with Gasteiger partial charge in [0, 0.05) is 31.4 Å². The molecule has 0 aliphatic carbocycles. The van der Waals surface area contributed by atoms with E-state index in [4.69, 9.17) is 11.1 Å². The lowest BCUT2D eigenvalue weighted by Gasteiger charge is -2.33. The Kier molecular flexibility index (Phi) is 4.27. The third-order valence-electron chi connectivity index (χ3n) is 3.89. The molecule has 1 fully saturated rings. The lowest BCUT2D eigenvalue weighted by molar-refractivity contribution is 0.181. The van der Waals surface area contributed by atoms with Gasteiger partial charge in [-0.15, -0.1) is 0 Å². The average Bonchev–Trinajstić information content (AvgIpc) is 2.46. The molecule has 0 radical (unpaired) electrons. The fraction of sp³-hybridized carbons (Fsp3) is 0.467. The van der Waals surface area contributed by atoms with Crippen LogP contribution in [0.2, 0.25) is 0 Å². The summed E-state index contributed by atoms with van der Waals surface area (Å²) in [4.78, 5) is 16.0. The number of nitrogens with zero attached hydrogens (tertiary/aromatic N) is 2. The van der Waals surface area contributed by atoms with Gasteiger partial charge in [0.1, 0.15) is 5.84 Å². The SMILES string of the molecule is CC1CCN(C(=O)N(C)c2cccc(C(=N)N)c2)CC1. The number of anilines is 1. The minimum Gasteiger partial charge on any atom is -0.384 e. The van der Waals surface area contributed by atoms with Crippen LogP contribution in [0.5, 0.6) is 0 Å². The van der Waals surface area contributed by atoms with E-state index in [1.54, 1.807) is 24.1 Å². The summed E-state index contributed by atoms with van der Waals surface area (Å²) in [7, 11) is 1.76. The number of carbonyl (C=O) groups excluding carboxylic acids is 1. The largest absolute Gasteiger partial charge is 0.384 e. The molecule has 2 rings (SSSR count). The van der Waals surface area contributed by atoms with Gasteiger partial charge < -0.3 is 10.6 Å². The predicted octanol–water partition coefficient (Wildman–Crippen LogP) is 2.26. The first-order valence-corrected chi connectivity index (χ1v) is 6.96. The number of carbonyl (C=O) groups is 1. The van der Waals surface area contributed by atoms with Crippen LogP contribution in [0, 0.1) is 11.3 Å². The third-order valence-corrected chi connectivity index (χ3v) is 3.89. The van der Waals surface area contributed by atoms with Crippen LogP contribution >= 0.6 is 0 Å². The van der Waals surface area contributed by atoms with E-state index in [2.05, 4.69) is 6.92 Å². The van der Waals surface area contributed by atoms with E-state index in [-0.39, 0.29) is 11.9 Å². The predicted molar refractivity (Wildman–Crippen MR) is 81.2 cm³/mol. The quantitative estimate of drug-likeness (QED) is 0.641. The number of nitrogen functional groups attached to an aromatic ring is 1. The number of hydrogen-bond acceptors (Lipinski definition) is 2. The summed E-state index contributed by atoms with van der Waals surface area (Å²) in [6.45, 7) is 3.86. The Morgan fingerprint density at radius 3 is 2.65 bits per heavy atom. The molecular weight excluding hydrogens is 252 g/mol. The molecule has 0 spiro atoms. The Hall–Kier alpha value is -2.04. The van der Waals surface area contributed by atoms with Gasteiger partial charge in [-0.2, -0.15) is 0 Å². The summed E-state index contributed by atoms with van der Waals surface area (Å²) in [5.41, 5.74) is 6.89. The summed E-state index contributed by atoms with van der Waals surface area (Å²) in [5.74, 6) is 0.713. The summed E-state index contributed by atoms with van der Waals surface area (Å²) in [6, 6.07) is 7.22. The molecule has 1 aliphatic heterocycles. The van der Waals surface area contributed by atoms with E-state index >= 15 is 0 Å². The van der Waals surface area contributed by atoms with E-state index in [9.17, 15) is 4.79 Å². The number of nitrogens with two attached hydrogens (primary N) is 1. The molecule has 1 saturated heterocycles. The van der Waals surface area contributed by atoms with Crippen LogP contribution in [0.25, 0.3) is 0 Å². The molecule has 20 heavy (non-hydrogen) atoms. The van der Waals surface area contributed by atoms with Crippen molar-refractivity contribution in [2.45, 2.75) is 19.8 Å². The normalized spacial score (nSPS) is 16.0. The zero-order valence-electron chi connectivity index (χ0n) is 12.1. The van der Waals surface area contributed by atoms with E-state index in [1.807, 2.05) is 17.0 Å². The van der Waals surface area contributed by atoms with Gasteiger partial charge in [-0.3, -0.25) is 10.3 Å². The van der Waals surface area contributed by atoms with Gasteiger partial charge in [0.2, 0.25) is 0 Å². The molecule has 1 heterocycles. The van der Waals surface area contributed by atoms with Crippen molar-refractivity contribution in [3.05, 3.63) is 29.8 Å². The Balaban J connectivity index is 2.10. The molecule has 1 aromatic rings. The molecule has 0 aromatic heterocycles. The lowest BCUT2D eigenvalue weighted by Crippen LogP contribution is -2.45. The second-order valence-corrected chi connectivity index (χ2v) is 5.48. The highest BCUT2D eigenvalue weighted by atomic mass is 16.2. The molecule has 5 heteroatoms. The van der Waals surface area contributed by atoms with Gasteiger partial charge >= 0.3 is 6.03 Å². The fourth-order valence-electron chi connectivity index (χ4n) is 2.40. The number of hydrogen-bond donors (Lipinski definition) is 2. The van der Waals surface area contributed by atoms with Crippen molar-refractivity contribution >= 4 is 17.6 Å². The van der Waals surface area contributed by atoms with Crippen molar-refractivity contribution in [1.29, 1.82) is 5.41 Å². The molecule has 0 unspecified atom stereocenters. The molecule has 1 aromatic carbocycles. The van der Waals surface area contributed by atoms with Gasteiger partial charge in [0.05, 0.1) is 0 Å². The Bertz CT molecular complexity index is 506. The van der Waals surface area contributed by atoms with Crippen molar-refractivity contribution in [3.8, 4) is 0 Å². The summed E-state index contributed by atoms with van der Waals surface area (Å²) < 4.78 is 0. The summed E-state index contributed by atoms with van der Waals surface area (Å²) in [6.07, 6.45) is 2.13. The van der Waals surface area contributed by atoms with Gasteiger partial charge in [0.25, 0.3) is 0 Å². The number of amides is 2. The molecule has 1 aliphatic rings. The summed E-state index contributed by atoms with van der Waals surface area (Å²) >= 11 is 0. The van der Waals surface area contributed by atoms with E-state index in [0.29, 0.717) is 11.5 Å². The molecule has 0 atom stereocenters. The van der Waals surface area contributed by atoms with Gasteiger partial charge in [-0.25, -0.2) is 4.79 Å². The van der Waals surface area contributed by atoms with E-state index < -0.39 is 0 Å². The van der Waals surface area contributed by atoms with Crippen LogP contribution in [-0.4, -0.2) is 36.9 Å². The first-order chi connectivity index (χ1) is 9.49. The van der Waals surface area contributed by atoms with Gasteiger partial charge in [-0.05, 0) is 30.9 Å². The Labute approximate surface area is 119 Å². The van der Waals surface area contributed by atoms with Gasteiger partial charge in [-0.1, -0.05) is 19.1 Å². The topological polar surface area (TPSA) is 73.4 Å². The molecule has 5 nitrogen and oxygen atoms in total. The highest BCUT2D eigenvalue weighted by Crippen LogP contribution is 2.20. The van der Waals surface area contributed by atoms with Crippen molar-refractivity contribution < 1.29 is 4.79 Å². The zero-order chi connectivity index (χ0) is 14.7. The van der Waals surface area contributed by atoms with Crippen molar-refractivity contribution in [3.63, 3.8) is 0 Å². The second kappa shape index (κ2) is 5.94. The maximum atomic E-state index is 12.5. The van der Waals surface area contributed by atoms with Crippen molar-refractivity contribution in [1.82, 2.24) is 4.90 Å². The van der Waals surface area contributed by atoms with Gasteiger partial charge in [0.15, 0.2) is 0 Å². The first kappa shape index (κ1) is 14.4. The van der Waals surface area contributed by atoms with Crippen molar-refractivity contribution in [2.24, 2.45) is 11.7 Å². The van der Waals surface area contributed by atoms with Crippen LogP contribution < -0.4 is 10.6 Å². The molecule has 0 saturated carbocycles. The molecule has 0 bridgehead atoms. The van der Waals surface area contributed by atoms with Crippen LogP contribution in [0.3, 0.4) is 0 Å². The molecule has 3 N–H and O–H groups in total.